The van der Waals surface area contributed by atoms with Gasteiger partial charge in [0.15, 0.2) is 0 Å². The monoisotopic (exact) mass is 434 g/mol. The largest absolute Gasteiger partial charge is 0.357 e. The van der Waals surface area contributed by atoms with Crippen LogP contribution in [0.4, 0.5) is 0 Å². The van der Waals surface area contributed by atoms with Gasteiger partial charge in [0, 0.05) is 25.0 Å². The van der Waals surface area contributed by atoms with E-state index in [0.717, 1.165) is 22.3 Å². The molecule has 0 radical (unpaired) electrons. The van der Waals surface area contributed by atoms with Gasteiger partial charge in [-0.05, 0) is 29.7 Å². The van der Waals surface area contributed by atoms with Gasteiger partial charge in [0.1, 0.15) is 6.04 Å². The van der Waals surface area contributed by atoms with Crippen LogP contribution in [0.15, 0.2) is 78.9 Å². The molecule has 3 rings (SSSR count). The second-order valence-electron chi connectivity index (χ2n) is 7.60. The lowest BCUT2D eigenvalue weighted by Gasteiger charge is -2.31. The van der Waals surface area contributed by atoms with E-state index in [9.17, 15) is 9.59 Å². The Bertz CT molecular complexity index is 1020. The van der Waals surface area contributed by atoms with E-state index in [2.05, 4.69) is 5.32 Å². The number of aryl methyl sites for hydroxylation is 1. The van der Waals surface area contributed by atoms with Crippen molar-refractivity contribution in [2.45, 2.75) is 32.4 Å². The second kappa shape index (κ2) is 10.8. The van der Waals surface area contributed by atoms with E-state index < -0.39 is 6.04 Å². The van der Waals surface area contributed by atoms with E-state index in [1.807, 2.05) is 79.7 Å². The molecule has 0 saturated heterocycles. The molecule has 160 valence electrons. The van der Waals surface area contributed by atoms with E-state index in [-0.39, 0.29) is 24.8 Å². The Morgan fingerprint density at radius 1 is 0.903 bits per heavy atom. The lowest BCUT2D eigenvalue weighted by atomic mass is 10.0. The maximum Gasteiger partial charge on any atom is 0.242 e. The van der Waals surface area contributed by atoms with Gasteiger partial charge in [-0.15, -0.1) is 0 Å². The van der Waals surface area contributed by atoms with Crippen LogP contribution in [0.2, 0.25) is 5.02 Å². The number of hydrogen-bond donors (Lipinski definition) is 1. The van der Waals surface area contributed by atoms with Crippen LogP contribution in [0.25, 0.3) is 0 Å². The van der Waals surface area contributed by atoms with Crippen LogP contribution in [-0.4, -0.2) is 29.8 Å². The van der Waals surface area contributed by atoms with Crippen LogP contribution in [0.1, 0.15) is 22.3 Å². The number of carbonyl (C=O) groups is 2. The summed E-state index contributed by atoms with van der Waals surface area (Å²) < 4.78 is 0. The summed E-state index contributed by atoms with van der Waals surface area (Å²) in [6, 6.07) is 24.4. The van der Waals surface area contributed by atoms with Crippen molar-refractivity contribution in [3.8, 4) is 0 Å². The molecule has 1 atom stereocenters. The summed E-state index contributed by atoms with van der Waals surface area (Å²) in [6.07, 6.45) is 0.637. The molecule has 0 spiro atoms. The maximum absolute atomic E-state index is 13.5. The predicted octanol–water partition coefficient (Wildman–Crippen LogP) is 4.58. The molecule has 5 heteroatoms. The SMILES string of the molecule is CNC(=O)[C@H](Cc1ccccc1)N(Cc1ccccc1Cl)C(=O)Cc1ccc(C)cc1. The van der Waals surface area contributed by atoms with Gasteiger partial charge in [0.25, 0.3) is 0 Å². The van der Waals surface area contributed by atoms with Gasteiger partial charge in [0.05, 0.1) is 6.42 Å². The zero-order chi connectivity index (χ0) is 22.2. The molecule has 0 heterocycles. The molecule has 3 aromatic carbocycles. The van der Waals surface area contributed by atoms with Gasteiger partial charge in [-0.3, -0.25) is 9.59 Å². The van der Waals surface area contributed by atoms with Crippen LogP contribution in [0.5, 0.6) is 0 Å². The fourth-order valence-electron chi connectivity index (χ4n) is 3.51. The molecule has 0 bridgehead atoms. The molecule has 1 N–H and O–H groups in total. The summed E-state index contributed by atoms with van der Waals surface area (Å²) in [4.78, 5) is 28.0. The molecule has 0 aliphatic carbocycles. The zero-order valence-electron chi connectivity index (χ0n) is 17.8. The normalized spacial score (nSPS) is 11.6. The number of rotatable bonds is 8. The quantitative estimate of drug-likeness (QED) is 0.564. The Balaban J connectivity index is 1.94. The van der Waals surface area contributed by atoms with E-state index in [4.69, 9.17) is 11.6 Å². The van der Waals surface area contributed by atoms with Crippen molar-refractivity contribution < 1.29 is 9.59 Å². The lowest BCUT2D eigenvalue weighted by Crippen LogP contribution is -2.50. The molecule has 0 aliphatic heterocycles. The van der Waals surface area contributed by atoms with Crippen LogP contribution < -0.4 is 5.32 Å². The summed E-state index contributed by atoms with van der Waals surface area (Å²) in [7, 11) is 1.60. The minimum Gasteiger partial charge on any atom is -0.357 e. The summed E-state index contributed by atoms with van der Waals surface area (Å²) in [5.41, 5.74) is 3.85. The highest BCUT2D eigenvalue weighted by atomic mass is 35.5. The van der Waals surface area contributed by atoms with Gasteiger partial charge in [0.2, 0.25) is 11.8 Å². The summed E-state index contributed by atoms with van der Waals surface area (Å²) >= 11 is 6.39. The first-order valence-corrected chi connectivity index (χ1v) is 10.7. The number of hydrogen-bond acceptors (Lipinski definition) is 2. The van der Waals surface area contributed by atoms with Gasteiger partial charge in [-0.1, -0.05) is 90.0 Å². The Labute approximate surface area is 188 Å². The number of amides is 2. The number of carbonyl (C=O) groups excluding carboxylic acids is 2. The van der Waals surface area contributed by atoms with Crippen LogP contribution in [0, 0.1) is 6.92 Å². The summed E-state index contributed by atoms with van der Waals surface area (Å²) in [5, 5.41) is 3.30. The first kappa shape index (κ1) is 22.6. The average Bonchev–Trinajstić information content (AvgIpc) is 2.79. The number of nitrogens with one attached hydrogen (secondary N) is 1. The van der Waals surface area contributed by atoms with Crippen molar-refractivity contribution in [3.63, 3.8) is 0 Å². The van der Waals surface area contributed by atoms with Crippen molar-refractivity contribution in [1.29, 1.82) is 0 Å². The summed E-state index contributed by atoms with van der Waals surface area (Å²) in [6.45, 7) is 2.27. The van der Waals surface area contributed by atoms with Gasteiger partial charge < -0.3 is 10.2 Å². The first-order valence-electron chi connectivity index (χ1n) is 10.3. The van der Waals surface area contributed by atoms with Gasteiger partial charge in [-0.2, -0.15) is 0 Å². The fourth-order valence-corrected chi connectivity index (χ4v) is 3.71. The van der Waals surface area contributed by atoms with Crippen molar-refractivity contribution in [2.75, 3.05) is 7.05 Å². The fraction of sp³-hybridized carbons (Fsp3) is 0.231. The van der Waals surface area contributed by atoms with E-state index >= 15 is 0 Å². The number of likely N-dealkylation sites (N-methyl/N-ethyl adjacent to an activating group) is 1. The first-order chi connectivity index (χ1) is 15.0. The average molecular weight is 435 g/mol. The second-order valence-corrected chi connectivity index (χ2v) is 8.00. The highest BCUT2D eigenvalue weighted by Crippen LogP contribution is 2.21. The minimum absolute atomic E-state index is 0.117. The standard InChI is InChI=1S/C26H27ClN2O2/c1-19-12-14-21(15-13-19)17-25(30)29(18-22-10-6-7-11-23(22)27)24(26(31)28-2)16-20-8-4-3-5-9-20/h3-15,24H,16-18H2,1-2H3,(H,28,31)/t24-/m0/s1. The molecular weight excluding hydrogens is 408 g/mol. The zero-order valence-corrected chi connectivity index (χ0v) is 18.6. The molecule has 3 aromatic rings. The smallest absolute Gasteiger partial charge is 0.242 e. The van der Waals surface area contributed by atoms with Crippen LogP contribution in [0.3, 0.4) is 0 Å². The van der Waals surface area contributed by atoms with Crippen LogP contribution in [-0.2, 0) is 29.0 Å². The molecule has 31 heavy (non-hydrogen) atoms. The molecular formula is C26H27ClN2O2. The molecule has 0 aromatic heterocycles. The molecule has 2 amide bonds. The third-order valence-corrected chi connectivity index (χ3v) is 5.66. The van der Waals surface area contributed by atoms with E-state index in [0.29, 0.717) is 11.4 Å². The third-order valence-electron chi connectivity index (χ3n) is 5.29. The minimum atomic E-state index is -0.651. The number of nitrogens with zero attached hydrogens (tertiary/aromatic N) is 1. The number of halogens is 1. The Hall–Kier alpha value is -3.11. The van der Waals surface area contributed by atoms with Gasteiger partial charge >= 0.3 is 0 Å². The Morgan fingerprint density at radius 3 is 2.19 bits per heavy atom. The predicted molar refractivity (Wildman–Crippen MR) is 125 cm³/mol. The molecule has 0 fully saturated rings. The van der Waals surface area contributed by atoms with Crippen molar-refractivity contribution >= 4 is 23.4 Å². The van der Waals surface area contributed by atoms with Crippen LogP contribution >= 0.6 is 11.6 Å². The maximum atomic E-state index is 13.5. The molecule has 0 aliphatic rings. The van der Waals surface area contributed by atoms with E-state index in [1.54, 1.807) is 18.0 Å². The lowest BCUT2D eigenvalue weighted by molar-refractivity contribution is -0.140. The highest BCUT2D eigenvalue weighted by molar-refractivity contribution is 6.31. The van der Waals surface area contributed by atoms with Crippen molar-refractivity contribution in [3.05, 3.63) is 106 Å². The molecule has 4 nitrogen and oxygen atoms in total. The number of benzene rings is 3. The summed E-state index contributed by atoms with van der Waals surface area (Å²) in [5.74, 6) is -0.318. The Kier molecular flexibility index (Phi) is 7.85. The van der Waals surface area contributed by atoms with Crippen molar-refractivity contribution in [2.24, 2.45) is 0 Å². The molecule has 0 unspecified atom stereocenters. The third kappa shape index (κ3) is 6.19. The van der Waals surface area contributed by atoms with E-state index in [1.165, 1.54) is 0 Å². The molecule has 0 saturated carbocycles. The Morgan fingerprint density at radius 2 is 1.55 bits per heavy atom. The topological polar surface area (TPSA) is 49.4 Å². The highest BCUT2D eigenvalue weighted by Gasteiger charge is 2.30. The van der Waals surface area contributed by atoms with Gasteiger partial charge in [-0.25, -0.2) is 0 Å². The van der Waals surface area contributed by atoms with Crippen molar-refractivity contribution in [1.82, 2.24) is 10.2 Å².